The summed E-state index contributed by atoms with van der Waals surface area (Å²) in [6, 6.07) is 4.16. The lowest BCUT2D eigenvalue weighted by Gasteiger charge is -2.18. The Kier molecular flexibility index (Phi) is 3.82. The van der Waals surface area contributed by atoms with Gasteiger partial charge in [0.05, 0.1) is 5.69 Å². The van der Waals surface area contributed by atoms with E-state index in [-0.39, 0.29) is 0 Å². The molecule has 88 valence electrons. The minimum Gasteiger partial charge on any atom is -0.356 e. The zero-order valence-corrected chi connectivity index (χ0v) is 11.2. The van der Waals surface area contributed by atoms with Gasteiger partial charge < -0.3 is 10.6 Å². The second kappa shape index (κ2) is 5.15. The van der Waals surface area contributed by atoms with Gasteiger partial charge in [-0.25, -0.2) is 4.98 Å². The molecule has 2 rings (SSSR count). The van der Waals surface area contributed by atoms with Crippen LogP contribution >= 0.6 is 15.9 Å². The molecular formula is C12H18BrN3. The SMILES string of the molecule is Cc1nc(N2CCC(CCN)C2)ccc1Br. The van der Waals surface area contributed by atoms with Crippen LogP contribution < -0.4 is 10.6 Å². The van der Waals surface area contributed by atoms with Gasteiger partial charge in [0.1, 0.15) is 5.82 Å². The molecular weight excluding hydrogens is 266 g/mol. The van der Waals surface area contributed by atoms with E-state index >= 15 is 0 Å². The molecule has 3 nitrogen and oxygen atoms in total. The fourth-order valence-electron chi connectivity index (χ4n) is 2.22. The molecule has 0 aliphatic carbocycles. The summed E-state index contributed by atoms with van der Waals surface area (Å²) in [5.41, 5.74) is 6.65. The largest absolute Gasteiger partial charge is 0.356 e. The molecule has 1 aliphatic rings. The fraction of sp³-hybridized carbons (Fsp3) is 0.583. The first-order chi connectivity index (χ1) is 7.70. The molecule has 0 amide bonds. The van der Waals surface area contributed by atoms with E-state index in [0.29, 0.717) is 0 Å². The Morgan fingerprint density at radius 2 is 2.38 bits per heavy atom. The van der Waals surface area contributed by atoms with Crippen LogP contribution in [0, 0.1) is 12.8 Å². The Labute approximate surface area is 105 Å². The molecule has 4 heteroatoms. The molecule has 1 aromatic heterocycles. The topological polar surface area (TPSA) is 42.2 Å². The lowest BCUT2D eigenvalue weighted by molar-refractivity contribution is 0.546. The van der Waals surface area contributed by atoms with Gasteiger partial charge in [-0.15, -0.1) is 0 Å². The van der Waals surface area contributed by atoms with Crippen LogP contribution in [0.3, 0.4) is 0 Å². The molecule has 2 N–H and O–H groups in total. The number of nitrogens with zero attached hydrogens (tertiary/aromatic N) is 2. The van der Waals surface area contributed by atoms with Crippen molar-refractivity contribution in [2.24, 2.45) is 11.7 Å². The summed E-state index contributed by atoms with van der Waals surface area (Å²) in [4.78, 5) is 6.96. The monoisotopic (exact) mass is 283 g/mol. The average molecular weight is 284 g/mol. The van der Waals surface area contributed by atoms with Crippen LogP contribution in [0.2, 0.25) is 0 Å². The molecule has 1 aliphatic heterocycles. The van der Waals surface area contributed by atoms with Gasteiger partial charge >= 0.3 is 0 Å². The predicted molar refractivity (Wildman–Crippen MR) is 70.7 cm³/mol. The number of nitrogens with two attached hydrogens (primary N) is 1. The van der Waals surface area contributed by atoms with Crippen LogP contribution in [-0.2, 0) is 0 Å². The minimum absolute atomic E-state index is 0.746. The van der Waals surface area contributed by atoms with Gasteiger partial charge in [-0.05, 0) is 60.3 Å². The molecule has 0 saturated carbocycles. The van der Waals surface area contributed by atoms with Gasteiger partial charge in [0.2, 0.25) is 0 Å². The number of aryl methyl sites for hydroxylation is 1. The molecule has 0 bridgehead atoms. The quantitative estimate of drug-likeness (QED) is 0.926. The predicted octanol–water partition coefficient (Wildman–Crippen LogP) is 2.33. The van der Waals surface area contributed by atoms with Crippen LogP contribution in [0.25, 0.3) is 0 Å². The standard InChI is InChI=1S/C12H18BrN3/c1-9-11(13)2-3-12(15-9)16-7-5-10(8-16)4-6-14/h2-3,10H,4-8,14H2,1H3. The van der Waals surface area contributed by atoms with Crippen molar-refractivity contribution in [3.8, 4) is 0 Å². The highest BCUT2D eigenvalue weighted by molar-refractivity contribution is 9.10. The van der Waals surface area contributed by atoms with E-state index in [2.05, 4.69) is 37.9 Å². The Morgan fingerprint density at radius 1 is 1.56 bits per heavy atom. The summed E-state index contributed by atoms with van der Waals surface area (Å²) in [5.74, 6) is 1.84. The lowest BCUT2D eigenvalue weighted by Crippen LogP contribution is -2.21. The second-order valence-electron chi connectivity index (χ2n) is 4.41. The van der Waals surface area contributed by atoms with Crippen molar-refractivity contribution in [2.45, 2.75) is 19.8 Å². The van der Waals surface area contributed by atoms with Gasteiger partial charge in [-0.3, -0.25) is 0 Å². The smallest absolute Gasteiger partial charge is 0.128 e. The Balaban J connectivity index is 2.05. The highest BCUT2D eigenvalue weighted by Gasteiger charge is 2.22. The fourth-order valence-corrected chi connectivity index (χ4v) is 2.44. The van der Waals surface area contributed by atoms with Crippen molar-refractivity contribution >= 4 is 21.7 Å². The number of aromatic nitrogens is 1. The lowest BCUT2D eigenvalue weighted by atomic mass is 10.1. The van der Waals surface area contributed by atoms with Crippen molar-refractivity contribution in [1.29, 1.82) is 0 Å². The molecule has 1 aromatic rings. The third-order valence-electron chi connectivity index (χ3n) is 3.19. The molecule has 0 aromatic carbocycles. The molecule has 0 spiro atoms. The molecule has 1 fully saturated rings. The van der Waals surface area contributed by atoms with E-state index in [1.54, 1.807) is 0 Å². The highest BCUT2D eigenvalue weighted by atomic mass is 79.9. The number of halogens is 1. The van der Waals surface area contributed by atoms with Gasteiger partial charge in [0, 0.05) is 17.6 Å². The van der Waals surface area contributed by atoms with Crippen LogP contribution in [0.1, 0.15) is 18.5 Å². The number of hydrogen-bond acceptors (Lipinski definition) is 3. The second-order valence-corrected chi connectivity index (χ2v) is 5.27. The zero-order chi connectivity index (χ0) is 11.5. The van der Waals surface area contributed by atoms with E-state index < -0.39 is 0 Å². The summed E-state index contributed by atoms with van der Waals surface area (Å²) in [6.07, 6.45) is 2.38. The zero-order valence-electron chi connectivity index (χ0n) is 9.62. The maximum Gasteiger partial charge on any atom is 0.128 e. The number of hydrogen-bond donors (Lipinski definition) is 1. The Hall–Kier alpha value is -0.610. The van der Waals surface area contributed by atoms with Gasteiger partial charge in [-0.1, -0.05) is 0 Å². The molecule has 2 heterocycles. The van der Waals surface area contributed by atoms with Crippen LogP contribution in [0.5, 0.6) is 0 Å². The van der Waals surface area contributed by atoms with Crippen molar-refractivity contribution in [3.05, 3.63) is 22.3 Å². The third kappa shape index (κ3) is 2.55. The number of pyridine rings is 1. The van der Waals surface area contributed by atoms with Crippen molar-refractivity contribution < 1.29 is 0 Å². The van der Waals surface area contributed by atoms with Gasteiger partial charge in [0.15, 0.2) is 0 Å². The van der Waals surface area contributed by atoms with E-state index in [1.165, 1.54) is 6.42 Å². The summed E-state index contributed by atoms with van der Waals surface area (Å²) in [7, 11) is 0. The highest BCUT2D eigenvalue weighted by Crippen LogP contribution is 2.25. The maximum atomic E-state index is 5.60. The average Bonchev–Trinajstić information content (AvgIpc) is 2.71. The van der Waals surface area contributed by atoms with Crippen molar-refractivity contribution in [1.82, 2.24) is 4.98 Å². The Morgan fingerprint density at radius 3 is 3.06 bits per heavy atom. The summed E-state index contributed by atoms with van der Waals surface area (Å²) in [6.45, 7) is 5.04. The number of rotatable bonds is 3. The summed E-state index contributed by atoms with van der Waals surface area (Å²) >= 11 is 3.48. The molecule has 16 heavy (non-hydrogen) atoms. The van der Waals surface area contributed by atoms with E-state index in [1.807, 2.05) is 6.92 Å². The molecule has 0 radical (unpaired) electrons. The summed E-state index contributed by atoms with van der Waals surface area (Å²) in [5, 5.41) is 0. The molecule has 1 unspecified atom stereocenters. The van der Waals surface area contributed by atoms with E-state index in [0.717, 1.165) is 48.0 Å². The van der Waals surface area contributed by atoms with Crippen molar-refractivity contribution in [3.63, 3.8) is 0 Å². The molecule has 1 saturated heterocycles. The first-order valence-electron chi connectivity index (χ1n) is 5.79. The minimum atomic E-state index is 0.746. The number of anilines is 1. The van der Waals surface area contributed by atoms with Crippen LogP contribution in [0.4, 0.5) is 5.82 Å². The first kappa shape index (κ1) is 11.9. The van der Waals surface area contributed by atoms with Gasteiger partial charge in [-0.2, -0.15) is 0 Å². The van der Waals surface area contributed by atoms with E-state index in [9.17, 15) is 0 Å². The molecule has 1 atom stereocenters. The van der Waals surface area contributed by atoms with Gasteiger partial charge in [0.25, 0.3) is 0 Å². The van der Waals surface area contributed by atoms with Crippen molar-refractivity contribution in [2.75, 3.05) is 24.5 Å². The van der Waals surface area contributed by atoms with E-state index in [4.69, 9.17) is 5.73 Å². The first-order valence-corrected chi connectivity index (χ1v) is 6.58. The Bertz CT molecular complexity index is 367. The normalized spacial score (nSPS) is 20.4. The van der Waals surface area contributed by atoms with Crippen LogP contribution in [-0.4, -0.2) is 24.6 Å². The maximum absolute atomic E-state index is 5.60. The third-order valence-corrected chi connectivity index (χ3v) is 4.03. The summed E-state index contributed by atoms with van der Waals surface area (Å²) < 4.78 is 1.08. The van der Waals surface area contributed by atoms with Crippen LogP contribution in [0.15, 0.2) is 16.6 Å².